The molecule has 0 amide bonds. The van der Waals surface area contributed by atoms with Gasteiger partial charge in [0, 0.05) is 16.7 Å². The van der Waals surface area contributed by atoms with Gasteiger partial charge in [-0.3, -0.25) is 14.3 Å². The van der Waals surface area contributed by atoms with E-state index in [1.807, 2.05) is 12.1 Å². The highest BCUT2D eigenvalue weighted by atomic mass is 79.9. The van der Waals surface area contributed by atoms with E-state index >= 15 is 0 Å². The van der Waals surface area contributed by atoms with Gasteiger partial charge in [-0.25, -0.2) is 4.79 Å². The van der Waals surface area contributed by atoms with E-state index in [9.17, 15) is 9.59 Å². The second kappa shape index (κ2) is 3.86. The maximum absolute atomic E-state index is 11.4. The Kier molecular flexibility index (Phi) is 2.55. The van der Waals surface area contributed by atoms with E-state index in [-0.39, 0.29) is 0 Å². The van der Waals surface area contributed by atoms with Crippen LogP contribution >= 0.6 is 15.9 Å². The molecule has 0 saturated carbocycles. The maximum Gasteiger partial charge on any atom is 0.332 e. The summed E-state index contributed by atoms with van der Waals surface area (Å²) >= 11 is 3.30. The summed E-state index contributed by atoms with van der Waals surface area (Å²) in [4.78, 5) is 24.5. The number of H-pyrrole nitrogens is 1. The molecule has 76 valence electrons. The van der Waals surface area contributed by atoms with Crippen LogP contribution in [0.4, 0.5) is 0 Å². The second-order valence-corrected chi connectivity index (χ2v) is 3.87. The van der Waals surface area contributed by atoms with E-state index in [0.717, 1.165) is 4.47 Å². The van der Waals surface area contributed by atoms with Crippen molar-refractivity contribution in [1.82, 2.24) is 9.55 Å². The van der Waals surface area contributed by atoms with Crippen molar-refractivity contribution in [2.75, 3.05) is 0 Å². The van der Waals surface area contributed by atoms with E-state index in [2.05, 4.69) is 20.9 Å². The number of hydrogen-bond acceptors (Lipinski definition) is 2. The second-order valence-electron chi connectivity index (χ2n) is 2.96. The van der Waals surface area contributed by atoms with Crippen LogP contribution in [-0.2, 0) is 0 Å². The lowest BCUT2D eigenvalue weighted by atomic mass is 10.3. The molecule has 1 heterocycles. The Balaban J connectivity index is 2.59. The molecule has 1 aromatic carbocycles. The Morgan fingerprint density at radius 1 is 1.07 bits per heavy atom. The third-order valence-corrected chi connectivity index (χ3v) is 2.46. The van der Waals surface area contributed by atoms with Crippen LogP contribution in [0.5, 0.6) is 0 Å². The number of halogens is 1. The minimum atomic E-state index is -0.440. The Labute approximate surface area is 93.3 Å². The fraction of sp³-hybridized carbons (Fsp3) is 0. The fourth-order valence-corrected chi connectivity index (χ4v) is 1.49. The van der Waals surface area contributed by atoms with Gasteiger partial charge in [-0.1, -0.05) is 15.9 Å². The molecule has 2 aromatic rings. The number of hydrogen-bond donors (Lipinski definition) is 1. The van der Waals surface area contributed by atoms with Gasteiger partial charge in [-0.2, -0.15) is 0 Å². The molecular weight excluding hydrogens is 260 g/mol. The standard InChI is InChI=1S/C10H7BrN2O2/c11-7-1-3-8(4-2-7)13-6-5-9(14)12-10(13)15/h1-6H,(H,12,14,15). The molecule has 0 spiro atoms. The summed E-state index contributed by atoms with van der Waals surface area (Å²) in [5.41, 5.74) is -0.127. The molecule has 15 heavy (non-hydrogen) atoms. The first-order valence-electron chi connectivity index (χ1n) is 4.25. The Morgan fingerprint density at radius 3 is 2.33 bits per heavy atom. The number of aromatic nitrogens is 2. The molecule has 4 nitrogen and oxygen atoms in total. The summed E-state index contributed by atoms with van der Waals surface area (Å²) in [7, 11) is 0. The maximum atomic E-state index is 11.4. The summed E-state index contributed by atoms with van der Waals surface area (Å²) in [6.07, 6.45) is 1.45. The van der Waals surface area contributed by atoms with Gasteiger partial charge in [-0.15, -0.1) is 0 Å². The lowest BCUT2D eigenvalue weighted by Crippen LogP contribution is -2.27. The van der Waals surface area contributed by atoms with E-state index in [1.54, 1.807) is 12.1 Å². The van der Waals surface area contributed by atoms with Gasteiger partial charge in [0.25, 0.3) is 5.56 Å². The molecule has 0 saturated heterocycles. The van der Waals surface area contributed by atoms with Crippen molar-refractivity contribution >= 4 is 15.9 Å². The van der Waals surface area contributed by atoms with Gasteiger partial charge < -0.3 is 0 Å². The first-order chi connectivity index (χ1) is 7.16. The average Bonchev–Trinajstić information content (AvgIpc) is 2.20. The van der Waals surface area contributed by atoms with Crippen LogP contribution < -0.4 is 11.2 Å². The van der Waals surface area contributed by atoms with E-state index < -0.39 is 11.2 Å². The number of rotatable bonds is 1. The molecule has 0 bridgehead atoms. The van der Waals surface area contributed by atoms with E-state index in [1.165, 1.54) is 16.8 Å². The number of nitrogens with one attached hydrogen (secondary N) is 1. The Morgan fingerprint density at radius 2 is 1.73 bits per heavy atom. The summed E-state index contributed by atoms with van der Waals surface area (Å²) in [6.45, 7) is 0. The largest absolute Gasteiger partial charge is 0.332 e. The van der Waals surface area contributed by atoms with Crippen LogP contribution in [0.25, 0.3) is 5.69 Å². The highest BCUT2D eigenvalue weighted by molar-refractivity contribution is 9.10. The molecule has 0 unspecified atom stereocenters. The Hall–Kier alpha value is -1.62. The predicted octanol–water partition coefficient (Wildman–Crippen LogP) is 1.29. The molecule has 1 aromatic heterocycles. The third-order valence-electron chi connectivity index (χ3n) is 1.93. The average molecular weight is 267 g/mol. The topological polar surface area (TPSA) is 54.9 Å². The molecule has 0 radical (unpaired) electrons. The van der Waals surface area contributed by atoms with Crippen LogP contribution in [-0.4, -0.2) is 9.55 Å². The lowest BCUT2D eigenvalue weighted by Gasteiger charge is -2.03. The third kappa shape index (κ3) is 2.07. The van der Waals surface area contributed by atoms with Gasteiger partial charge in [0.1, 0.15) is 0 Å². The minimum Gasteiger partial charge on any atom is -0.274 e. The molecule has 0 fully saturated rings. The summed E-state index contributed by atoms with van der Waals surface area (Å²) in [6, 6.07) is 8.52. The zero-order valence-corrected chi connectivity index (χ0v) is 9.19. The molecule has 5 heteroatoms. The molecule has 0 aliphatic carbocycles. The molecule has 2 rings (SSSR count). The predicted molar refractivity (Wildman–Crippen MR) is 60.4 cm³/mol. The van der Waals surface area contributed by atoms with Gasteiger partial charge in [0.15, 0.2) is 0 Å². The van der Waals surface area contributed by atoms with Crippen LogP contribution in [0.1, 0.15) is 0 Å². The van der Waals surface area contributed by atoms with E-state index in [0.29, 0.717) is 5.69 Å². The quantitative estimate of drug-likeness (QED) is 0.846. The number of aromatic amines is 1. The van der Waals surface area contributed by atoms with Crippen molar-refractivity contribution < 1.29 is 0 Å². The zero-order chi connectivity index (χ0) is 10.8. The highest BCUT2D eigenvalue weighted by Crippen LogP contribution is 2.11. The first kappa shape index (κ1) is 9.92. The molecule has 1 N–H and O–H groups in total. The minimum absolute atomic E-state index is 0.395. The summed E-state index contributed by atoms with van der Waals surface area (Å²) in [5, 5.41) is 0. The molecule has 0 aliphatic heterocycles. The monoisotopic (exact) mass is 266 g/mol. The van der Waals surface area contributed by atoms with Crippen LogP contribution in [0.3, 0.4) is 0 Å². The van der Waals surface area contributed by atoms with Crippen molar-refractivity contribution in [2.24, 2.45) is 0 Å². The summed E-state index contributed by atoms with van der Waals surface area (Å²) < 4.78 is 2.30. The van der Waals surface area contributed by atoms with Gasteiger partial charge in [0.2, 0.25) is 0 Å². The molecule has 0 aliphatic rings. The summed E-state index contributed by atoms with van der Waals surface area (Å²) in [5.74, 6) is 0. The van der Waals surface area contributed by atoms with Crippen molar-refractivity contribution in [2.45, 2.75) is 0 Å². The van der Waals surface area contributed by atoms with Crippen LogP contribution in [0.15, 0.2) is 50.6 Å². The number of nitrogens with zero attached hydrogens (tertiary/aromatic N) is 1. The SMILES string of the molecule is O=c1ccn(-c2ccc(Br)cc2)c(=O)[nH]1. The van der Waals surface area contributed by atoms with Gasteiger partial charge >= 0.3 is 5.69 Å². The lowest BCUT2D eigenvalue weighted by molar-refractivity contribution is 0.896. The highest BCUT2D eigenvalue weighted by Gasteiger charge is 1.98. The van der Waals surface area contributed by atoms with Gasteiger partial charge in [-0.05, 0) is 24.3 Å². The van der Waals surface area contributed by atoms with Crippen molar-refractivity contribution in [3.63, 3.8) is 0 Å². The van der Waals surface area contributed by atoms with Crippen molar-refractivity contribution in [3.8, 4) is 5.69 Å². The number of benzene rings is 1. The van der Waals surface area contributed by atoms with Gasteiger partial charge in [0.05, 0.1) is 5.69 Å². The normalized spacial score (nSPS) is 10.2. The van der Waals surface area contributed by atoms with Crippen LogP contribution in [0, 0.1) is 0 Å². The molecule has 0 atom stereocenters. The Bertz CT molecular complexity index is 583. The van der Waals surface area contributed by atoms with E-state index in [4.69, 9.17) is 0 Å². The van der Waals surface area contributed by atoms with Crippen molar-refractivity contribution in [3.05, 3.63) is 61.8 Å². The molecular formula is C10H7BrN2O2. The van der Waals surface area contributed by atoms with Crippen molar-refractivity contribution in [1.29, 1.82) is 0 Å². The zero-order valence-electron chi connectivity index (χ0n) is 7.61. The first-order valence-corrected chi connectivity index (χ1v) is 5.04. The van der Waals surface area contributed by atoms with Crippen LogP contribution in [0.2, 0.25) is 0 Å². The smallest absolute Gasteiger partial charge is 0.274 e. The fourth-order valence-electron chi connectivity index (χ4n) is 1.22.